The van der Waals surface area contributed by atoms with Crippen LogP contribution in [0.2, 0.25) is 0 Å². The highest BCUT2D eigenvalue weighted by atomic mass is 16.5. The van der Waals surface area contributed by atoms with Crippen molar-refractivity contribution in [3.05, 3.63) is 11.6 Å². The van der Waals surface area contributed by atoms with Crippen LogP contribution in [0.1, 0.15) is 106 Å². The minimum absolute atomic E-state index is 0.379. The van der Waals surface area contributed by atoms with Gasteiger partial charge in [0.1, 0.15) is 0 Å². The first-order chi connectivity index (χ1) is 14.0. The molecule has 1 saturated heterocycles. The smallest absolute Gasteiger partial charge is 0.0562 e. The predicted octanol–water partition coefficient (Wildman–Crippen LogP) is 8.04. The molecule has 3 saturated carbocycles. The summed E-state index contributed by atoms with van der Waals surface area (Å²) in [5.74, 6) is 3.27. The van der Waals surface area contributed by atoms with E-state index in [0.29, 0.717) is 27.1 Å². The topological polar surface area (TPSA) is 9.23 Å². The Hall–Kier alpha value is -0.300. The highest BCUT2D eigenvalue weighted by Crippen LogP contribution is 2.73. The van der Waals surface area contributed by atoms with E-state index in [1.54, 1.807) is 0 Å². The Morgan fingerprint density at radius 1 is 0.933 bits per heavy atom. The van der Waals surface area contributed by atoms with E-state index in [0.717, 1.165) is 36.9 Å². The lowest BCUT2D eigenvalue weighted by molar-refractivity contribution is -0.186. The Morgan fingerprint density at radius 3 is 2.43 bits per heavy atom. The normalized spacial score (nSPS) is 53.9. The average molecular weight is 413 g/mol. The van der Waals surface area contributed by atoms with E-state index in [-0.39, 0.29) is 0 Å². The third-order valence-electron chi connectivity index (χ3n) is 12.4. The Morgan fingerprint density at radius 2 is 1.70 bits per heavy atom. The molecule has 7 unspecified atom stereocenters. The van der Waals surface area contributed by atoms with Crippen LogP contribution in [0.25, 0.3) is 0 Å². The quantitative estimate of drug-likeness (QED) is 0.417. The number of rotatable bonds is 2. The van der Waals surface area contributed by atoms with Crippen LogP contribution >= 0.6 is 0 Å². The van der Waals surface area contributed by atoms with Gasteiger partial charge in [0.05, 0.1) is 13.2 Å². The second-order valence-electron chi connectivity index (χ2n) is 14.0. The molecule has 170 valence electrons. The maximum Gasteiger partial charge on any atom is 0.0562 e. The van der Waals surface area contributed by atoms with E-state index in [4.69, 9.17) is 4.74 Å². The van der Waals surface area contributed by atoms with E-state index in [2.05, 4.69) is 54.5 Å². The molecule has 0 spiro atoms. The first-order valence-electron chi connectivity index (χ1n) is 13.3. The van der Waals surface area contributed by atoms with Crippen LogP contribution < -0.4 is 0 Å². The highest BCUT2D eigenvalue weighted by molar-refractivity contribution is 5.33. The van der Waals surface area contributed by atoms with Gasteiger partial charge < -0.3 is 4.74 Å². The molecule has 1 nitrogen and oxygen atoms in total. The Bertz CT molecular complexity index is 723. The molecule has 1 heteroatoms. The molecule has 0 radical (unpaired) electrons. The largest absolute Gasteiger partial charge is 0.380 e. The standard InChI is InChI=1S/C29H48O/c1-20(2)21(3)25(4)15-16-28(7)22-9-10-24-26(5)12-8-13-29(24,19-30-18-26)23(22)11-14-27(28,6)17-25/h11,20-22,24H,8-10,12-19H2,1-7H3/t21-,22?,24?,25?,26?,27?,28?,29?/m1/s1. The summed E-state index contributed by atoms with van der Waals surface area (Å²) >= 11 is 0. The zero-order valence-corrected chi connectivity index (χ0v) is 21.1. The van der Waals surface area contributed by atoms with Gasteiger partial charge in [-0.3, -0.25) is 0 Å². The van der Waals surface area contributed by atoms with Crippen LogP contribution in [0.3, 0.4) is 0 Å². The lowest BCUT2D eigenvalue weighted by Crippen LogP contribution is -2.62. The highest BCUT2D eigenvalue weighted by Gasteiger charge is 2.65. The summed E-state index contributed by atoms with van der Waals surface area (Å²) in [5, 5.41) is 0. The van der Waals surface area contributed by atoms with Gasteiger partial charge in [0.2, 0.25) is 0 Å². The molecule has 0 aromatic rings. The summed E-state index contributed by atoms with van der Waals surface area (Å²) in [5.41, 5.74) is 4.12. The molecule has 5 aliphatic rings. The molecule has 4 fully saturated rings. The molecule has 4 aliphatic carbocycles. The lowest BCUT2D eigenvalue weighted by Gasteiger charge is -2.69. The van der Waals surface area contributed by atoms with E-state index < -0.39 is 0 Å². The van der Waals surface area contributed by atoms with Crippen molar-refractivity contribution in [2.45, 2.75) is 106 Å². The third-order valence-corrected chi connectivity index (χ3v) is 12.4. The predicted molar refractivity (Wildman–Crippen MR) is 126 cm³/mol. The summed E-state index contributed by atoms with van der Waals surface area (Å²) in [7, 11) is 0. The molecule has 0 aromatic carbocycles. The first kappa shape index (κ1) is 21.5. The van der Waals surface area contributed by atoms with Crippen molar-refractivity contribution in [1.29, 1.82) is 0 Å². The molecule has 2 bridgehead atoms. The molecule has 0 aromatic heterocycles. The second kappa shape index (κ2) is 6.61. The van der Waals surface area contributed by atoms with Crippen LogP contribution in [0.4, 0.5) is 0 Å². The summed E-state index contributed by atoms with van der Waals surface area (Å²) in [4.78, 5) is 0. The minimum atomic E-state index is 0.379. The van der Waals surface area contributed by atoms with Gasteiger partial charge in [-0.15, -0.1) is 0 Å². The van der Waals surface area contributed by atoms with Crippen LogP contribution in [0.5, 0.6) is 0 Å². The fourth-order valence-electron chi connectivity index (χ4n) is 9.99. The van der Waals surface area contributed by atoms with Gasteiger partial charge in [-0.05, 0) is 96.7 Å². The third kappa shape index (κ3) is 2.63. The molecule has 1 aliphatic heterocycles. The molecule has 8 atom stereocenters. The number of allylic oxidation sites excluding steroid dienone is 1. The van der Waals surface area contributed by atoms with Gasteiger partial charge in [-0.2, -0.15) is 0 Å². The Balaban J connectivity index is 1.53. The molecule has 0 N–H and O–H groups in total. The van der Waals surface area contributed by atoms with Gasteiger partial charge in [0, 0.05) is 5.41 Å². The van der Waals surface area contributed by atoms with Crippen molar-refractivity contribution in [3.8, 4) is 0 Å². The van der Waals surface area contributed by atoms with Crippen molar-refractivity contribution >= 4 is 0 Å². The van der Waals surface area contributed by atoms with E-state index >= 15 is 0 Å². The van der Waals surface area contributed by atoms with Crippen molar-refractivity contribution < 1.29 is 4.74 Å². The molecule has 1 heterocycles. The monoisotopic (exact) mass is 412 g/mol. The Labute approximate surface area is 186 Å². The fraction of sp³-hybridized carbons (Fsp3) is 0.931. The second-order valence-corrected chi connectivity index (χ2v) is 14.0. The molecule has 0 amide bonds. The van der Waals surface area contributed by atoms with Gasteiger partial charge in [-0.25, -0.2) is 0 Å². The summed E-state index contributed by atoms with van der Waals surface area (Å²) in [6.07, 6.45) is 15.5. The number of ether oxygens (including phenoxy) is 1. The van der Waals surface area contributed by atoms with Gasteiger partial charge >= 0.3 is 0 Å². The van der Waals surface area contributed by atoms with Crippen molar-refractivity contribution in [1.82, 2.24) is 0 Å². The lowest BCUT2D eigenvalue weighted by atomic mass is 9.37. The van der Waals surface area contributed by atoms with Crippen molar-refractivity contribution in [3.63, 3.8) is 0 Å². The molecular weight excluding hydrogens is 364 g/mol. The number of hydrogen-bond acceptors (Lipinski definition) is 1. The SMILES string of the molecule is CC(C)[C@@H](C)C1(C)CCC2(C)C3CCC4C5(C)CCCC4(COC5)C3=CCC2(C)C1. The summed E-state index contributed by atoms with van der Waals surface area (Å²) in [6, 6.07) is 0. The minimum Gasteiger partial charge on any atom is -0.380 e. The average Bonchev–Trinajstić information content (AvgIpc) is 2.67. The van der Waals surface area contributed by atoms with Gasteiger partial charge in [-0.1, -0.05) is 66.5 Å². The summed E-state index contributed by atoms with van der Waals surface area (Å²) in [6.45, 7) is 20.0. The van der Waals surface area contributed by atoms with Gasteiger partial charge in [0.25, 0.3) is 0 Å². The molecule has 5 rings (SSSR count). The van der Waals surface area contributed by atoms with E-state index in [9.17, 15) is 0 Å². The Kier molecular flexibility index (Phi) is 4.75. The van der Waals surface area contributed by atoms with Crippen LogP contribution in [0, 0.1) is 50.7 Å². The zero-order valence-electron chi connectivity index (χ0n) is 21.1. The number of hydrogen-bond donors (Lipinski definition) is 0. The maximum absolute atomic E-state index is 6.39. The zero-order chi connectivity index (χ0) is 21.6. The molecular formula is C29H48O. The van der Waals surface area contributed by atoms with Crippen LogP contribution in [-0.4, -0.2) is 13.2 Å². The summed E-state index contributed by atoms with van der Waals surface area (Å²) < 4.78 is 6.39. The van der Waals surface area contributed by atoms with Crippen LogP contribution in [-0.2, 0) is 4.74 Å². The van der Waals surface area contributed by atoms with Crippen molar-refractivity contribution in [2.75, 3.05) is 13.2 Å². The van der Waals surface area contributed by atoms with Gasteiger partial charge in [0.15, 0.2) is 0 Å². The molecule has 30 heavy (non-hydrogen) atoms. The maximum atomic E-state index is 6.39. The van der Waals surface area contributed by atoms with Crippen molar-refractivity contribution in [2.24, 2.45) is 50.7 Å². The van der Waals surface area contributed by atoms with E-state index in [1.807, 2.05) is 5.57 Å². The van der Waals surface area contributed by atoms with E-state index in [1.165, 1.54) is 57.8 Å². The first-order valence-corrected chi connectivity index (χ1v) is 13.3. The fourth-order valence-corrected chi connectivity index (χ4v) is 9.99. The number of fused-ring (bicyclic) bond motifs is 3. The van der Waals surface area contributed by atoms with Crippen LogP contribution in [0.15, 0.2) is 11.6 Å².